The second kappa shape index (κ2) is 9.33. The van der Waals surface area contributed by atoms with E-state index in [0.29, 0.717) is 38.5 Å². The third-order valence-corrected chi connectivity index (χ3v) is 7.76. The fourth-order valence-corrected chi connectivity index (χ4v) is 5.81. The van der Waals surface area contributed by atoms with Crippen LogP contribution in [0.3, 0.4) is 0 Å². The number of nitro benzene ring substituents is 1. The number of ether oxygens (including phenoxy) is 1. The number of benzene rings is 2. The maximum atomic E-state index is 13.1. The fraction of sp³-hybridized carbons (Fsp3) is 0.455. The van der Waals surface area contributed by atoms with Crippen molar-refractivity contribution in [2.24, 2.45) is 0 Å². The summed E-state index contributed by atoms with van der Waals surface area (Å²) in [5.41, 5.74) is 1.58. The van der Waals surface area contributed by atoms with E-state index < -0.39 is 14.9 Å². The van der Waals surface area contributed by atoms with Crippen molar-refractivity contribution in [1.29, 1.82) is 0 Å². The maximum absolute atomic E-state index is 13.1. The number of aryl methyl sites for hydroxylation is 1. The van der Waals surface area contributed by atoms with Crippen LogP contribution in [0.1, 0.15) is 24.8 Å². The molecule has 0 aliphatic carbocycles. The molecule has 2 aromatic carbocycles. The van der Waals surface area contributed by atoms with Crippen molar-refractivity contribution >= 4 is 21.4 Å². The van der Waals surface area contributed by atoms with E-state index in [-0.39, 0.29) is 16.7 Å². The van der Waals surface area contributed by atoms with Crippen LogP contribution in [0.15, 0.2) is 53.4 Å². The number of hydrogen-bond acceptors (Lipinski definition) is 6. The molecule has 0 saturated carbocycles. The Morgan fingerprint density at radius 3 is 2.45 bits per heavy atom. The van der Waals surface area contributed by atoms with E-state index in [1.165, 1.54) is 22.0 Å². The minimum absolute atomic E-state index is 0.0196. The summed E-state index contributed by atoms with van der Waals surface area (Å²) < 4.78 is 33.6. The summed E-state index contributed by atoms with van der Waals surface area (Å²) in [6.45, 7) is 2.71. The van der Waals surface area contributed by atoms with Gasteiger partial charge in [0.25, 0.3) is 5.69 Å². The predicted molar refractivity (Wildman–Crippen MR) is 118 cm³/mol. The van der Waals surface area contributed by atoms with Crippen LogP contribution in [-0.2, 0) is 21.2 Å². The van der Waals surface area contributed by atoms with E-state index in [1.54, 1.807) is 6.07 Å². The van der Waals surface area contributed by atoms with Crippen LogP contribution in [0.25, 0.3) is 0 Å². The molecule has 2 aromatic rings. The van der Waals surface area contributed by atoms with Gasteiger partial charge in [-0.2, -0.15) is 4.31 Å². The van der Waals surface area contributed by atoms with E-state index in [0.717, 1.165) is 25.7 Å². The van der Waals surface area contributed by atoms with E-state index in [2.05, 4.69) is 12.1 Å². The van der Waals surface area contributed by atoms with Gasteiger partial charge in [0, 0.05) is 44.9 Å². The Balaban J connectivity index is 1.39. The molecule has 0 atom stereocenters. The molecule has 2 heterocycles. The molecule has 0 aromatic heterocycles. The first kappa shape index (κ1) is 21.7. The molecule has 8 nitrogen and oxygen atoms in total. The van der Waals surface area contributed by atoms with Crippen LogP contribution in [0.2, 0.25) is 0 Å². The molecule has 0 radical (unpaired) electrons. The summed E-state index contributed by atoms with van der Waals surface area (Å²) in [6, 6.07) is 14.4. The topological polar surface area (TPSA) is 93.0 Å². The number of nitrogens with zero attached hydrogens (tertiary/aromatic N) is 3. The smallest absolute Gasteiger partial charge is 0.270 e. The molecule has 2 fully saturated rings. The largest absolute Gasteiger partial charge is 0.375 e. The minimum atomic E-state index is -3.77. The van der Waals surface area contributed by atoms with Gasteiger partial charge in [-0.1, -0.05) is 30.3 Å². The summed E-state index contributed by atoms with van der Waals surface area (Å²) >= 11 is 0. The second-order valence-electron chi connectivity index (χ2n) is 8.01. The van der Waals surface area contributed by atoms with E-state index >= 15 is 0 Å². The number of sulfonamides is 1. The number of nitro groups is 1. The summed E-state index contributed by atoms with van der Waals surface area (Å²) in [5.74, 6) is 0. The van der Waals surface area contributed by atoms with Crippen molar-refractivity contribution in [2.45, 2.75) is 36.7 Å². The molecule has 0 unspecified atom stereocenters. The van der Waals surface area contributed by atoms with Crippen molar-refractivity contribution in [3.05, 3.63) is 64.2 Å². The molecule has 0 amide bonds. The lowest BCUT2D eigenvalue weighted by Crippen LogP contribution is -2.53. The van der Waals surface area contributed by atoms with E-state index in [1.807, 2.05) is 23.1 Å². The molecule has 2 saturated heterocycles. The van der Waals surface area contributed by atoms with Crippen LogP contribution in [0, 0.1) is 10.1 Å². The monoisotopic (exact) mass is 445 g/mol. The molecule has 31 heavy (non-hydrogen) atoms. The Kier molecular flexibility index (Phi) is 6.54. The summed E-state index contributed by atoms with van der Waals surface area (Å²) in [6.07, 6.45) is 3.54. The molecule has 4 rings (SSSR count). The number of hydrogen-bond donors (Lipinski definition) is 0. The normalized spacial score (nSPS) is 17.6. The van der Waals surface area contributed by atoms with Crippen LogP contribution in [-0.4, -0.2) is 56.5 Å². The lowest BCUT2D eigenvalue weighted by molar-refractivity contribution is -0.385. The molecule has 166 valence electrons. The Hall–Kier alpha value is -2.49. The highest BCUT2D eigenvalue weighted by Gasteiger charge is 2.36. The Morgan fingerprint density at radius 2 is 1.77 bits per heavy atom. The quantitative estimate of drug-likeness (QED) is 0.334. The summed E-state index contributed by atoms with van der Waals surface area (Å²) in [4.78, 5) is 12.6. The van der Waals surface area contributed by atoms with Gasteiger partial charge in [-0.3, -0.25) is 10.1 Å². The van der Waals surface area contributed by atoms with Crippen LogP contribution >= 0.6 is 0 Å². The molecular formula is C22H27N3O5S. The van der Waals surface area contributed by atoms with Gasteiger partial charge in [0.2, 0.25) is 10.0 Å². The Morgan fingerprint density at radius 1 is 1.06 bits per heavy atom. The van der Waals surface area contributed by atoms with Crippen molar-refractivity contribution in [3.63, 3.8) is 0 Å². The maximum Gasteiger partial charge on any atom is 0.270 e. The van der Waals surface area contributed by atoms with Crippen molar-refractivity contribution in [1.82, 2.24) is 4.31 Å². The fourth-order valence-electron chi connectivity index (χ4n) is 4.06. The second-order valence-corrected chi connectivity index (χ2v) is 9.91. The molecule has 9 heteroatoms. The molecule has 2 aliphatic rings. The van der Waals surface area contributed by atoms with Crippen LogP contribution in [0.4, 0.5) is 11.4 Å². The van der Waals surface area contributed by atoms with Gasteiger partial charge in [-0.25, -0.2) is 8.42 Å². The van der Waals surface area contributed by atoms with Gasteiger partial charge in [-0.15, -0.1) is 0 Å². The number of rotatable bonds is 9. The standard InChI is InChI=1S/C22H27N3O5S/c26-25(27)19-10-11-21(22(15-19)31(28,29)24-12-4-5-13-24)23-16-20(17-23)30-14-6-9-18-7-2-1-3-8-18/h1-3,7-8,10-11,15,20H,4-6,9,12-14,16-17H2. The van der Waals surface area contributed by atoms with Crippen LogP contribution in [0.5, 0.6) is 0 Å². The molecule has 0 spiro atoms. The highest BCUT2D eigenvalue weighted by Crippen LogP contribution is 2.35. The molecule has 0 bridgehead atoms. The third kappa shape index (κ3) is 4.89. The van der Waals surface area contributed by atoms with Crippen molar-refractivity contribution < 1.29 is 18.1 Å². The van der Waals surface area contributed by atoms with Crippen molar-refractivity contribution in [3.8, 4) is 0 Å². The zero-order chi connectivity index (χ0) is 21.8. The zero-order valence-corrected chi connectivity index (χ0v) is 18.2. The first-order chi connectivity index (χ1) is 14.9. The highest BCUT2D eigenvalue weighted by molar-refractivity contribution is 7.89. The average molecular weight is 446 g/mol. The lowest BCUT2D eigenvalue weighted by atomic mass is 10.1. The van der Waals surface area contributed by atoms with E-state index in [9.17, 15) is 18.5 Å². The number of non-ortho nitro benzene ring substituents is 1. The number of anilines is 1. The minimum Gasteiger partial charge on any atom is -0.375 e. The first-order valence-corrected chi connectivity index (χ1v) is 12.1. The predicted octanol–water partition coefficient (Wildman–Crippen LogP) is 3.22. The lowest BCUT2D eigenvalue weighted by Gasteiger charge is -2.41. The summed E-state index contributed by atoms with van der Waals surface area (Å²) in [7, 11) is -3.77. The van der Waals surface area contributed by atoms with Gasteiger partial charge < -0.3 is 9.64 Å². The van der Waals surface area contributed by atoms with E-state index in [4.69, 9.17) is 4.74 Å². The van der Waals surface area contributed by atoms with Crippen molar-refractivity contribution in [2.75, 3.05) is 37.7 Å². The third-order valence-electron chi connectivity index (χ3n) is 5.83. The highest BCUT2D eigenvalue weighted by atomic mass is 32.2. The average Bonchev–Trinajstić information content (AvgIpc) is 3.28. The Bertz CT molecular complexity index is 1020. The molecule has 2 aliphatic heterocycles. The first-order valence-electron chi connectivity index (χ1n) is 10.6. The van der Waals surface area contributed by atoms with Gasteiger partial charge in [0.15, 0.2) is 0 Å². The summed E-state index contributed by atoms with van der Waals surface area (Å²) in [5, 5.41) is 11.2. The van der Waals surface area contributed by atoms with Gasteiger partial charge in [0.05, 0.1) is 16.7 Å². The molecule has 0 N–H and O–H groups in total. The van der Waals surface area contributed by atoms with Gasteiger partial charge >= 0.3 is 0 Å². The van der Waals surface area contributed by atoms with Gasteiger partial charge in [0.1, 0.15) is 4.90 Å². The van der Waals surface area contributed by atoms with Gasteiger partial charge in [-0.05, 0) is 37.3 Å². The SMILES string of the molecule is O=[N+]([O-])c1ccc(N2CC(OCCCc3ccccc3)C2)c(S(=O)(=O)N2CCCC2)c1. The molecular weight excluding hydrogens is 418 g/mol. The van der Waals surface area contributed by atoms with Crippen LogP contribution < -0.4 is 4.90 Å². The Labute approximate surface area is 182 Å². The zero-order valence-electron chi connectivity index (χ0n) is 17.4.